The van der Waals surface area contributed by atoms with Gasteiger partial charge in [0.15, 0.2) is 0 Å². The summed E-state index contributed by atoms with van der Waals surface area (Å²) in [6.45, 7) is 0.0440. The van der Waals surface area contributed by atoms with E-state index in [0.29, 0.717) is 12.1 Å². The minimum Gasteiger partial charge on any atom is -0.396 e. The van der Waals surface area contributed by atoms with E-state index >= 15 is 0 Å². The molecule has 0 saturated heterocycles. The summed E-state index contributed by atoms with van der Waals surface area (Å²) in [5.74, 6) is 0. The van der Waals surface area contributed by atoms with Crippen LogP contribution in [0.25, 0.3) is 0 Å². The van der Waals surface area contributed by atoms with Crippen molar-refractivity contribution in [1.29, 1.82) is 0 Å². The minimum absolute atomic E-state index is 0.0440. The first-order valence-electron chi connectivity index (χ1n) is 5.99. The maximum atomic E-state index is 12.2. The Morgan fingerprint density at radius 2 is 1.80 bits per heavy atom. The average Bonchev–Trinajstić information content (AvgIpc) is 2.39. The van der Waals surface area contributed by atoms with Crippen LogP contribution in [-0.2, 0) is 16.4 Å². The number of rotatable bonds is 5. The molecule has 0 aliphatic heterocycles. The van der Waals surface area contributed by atoms with Crippen LogP contribution in [-0.4, -0.2) is 20.1 Å². The molecular weight excluding hydrogens is 342 g/mol. The lowest BCUT2D eigenvalue weighted by Crippen LogP contribution is -2.12. The number of nitrogens with one attached hydrogen (secondary N) is 1. The predicted molar refractivity (Wildman–Crippen MR) is 82.2 cm³/mol. The second kappa shape index (κ2) is 6.39. The van der Waals surface area contributed by atoms with Crippen molar-refractivity contribution in [2.75, 3.05) is 11.3 Å². The molecule has 0 fully saturated rings. The highest BCUT2D eigenvalue weighted by Crippen LogP contribution is 2.20. The Balaban J connectivity index is 2.21. The monoisotopic (exact) mass is 355 g/mol. The number of sulfonamides is 1. The molecule has 0 amide bonds. The summed E-state index contributed by atoms with van der Waals surface area (Å²) in [6.07, 6.45) is 0.513. The van der Waals surface area contributed by atoms with Crippen LogP contribution in [0.3, 0.4) is 0 Å². The van der Waals surface area contributed by atoms with E-state index in [4.69, 9.17) is 5.11 Å². The van der Waals surface area contributed by atoms with Crippen molar-refractivity contribution in [3.05, 3.63) is 58.6 Å². The molecule has 0 radical (unpaired) electrons. The summed E-state index contributed by atoms with van der Waals surface area (Å²) >= 11 is 3.29. The van der Waals surface area contributed by atoms with Gasteiger partial charge in [-0.15, -0.1) is 0 Å². The van der Waals surface area contributed by atoms with Gasteiger partial charge in [-0.3, -0.25) is 4.72 Å². The standard InChI is InChI=1S/C14H14BrNO3S/c15-12-2-1-3-13(10-12)16-20(18,19)14-6-4-11(5-7-14)8-9-17/h1-7,10,16-17H,8-9H2. The topological polar surface area (TPSA) is 66.4 Å². The highest BCUT2D eigenvalue weighted by atomic mass is 79.9. The van der Waals surface area contributed by atoms with Crippen LogP contribution in [0.15, 0.2) is 57.9 Å². The number of hydrogen-bond donors (Lipinski definition) is 2. The third-order valence-corrected chi connectivity index (χ3v) is 4.60. The summed E-state index contributed by atoms with van der Waals surface area (Å²) in [6, 6.07) is 13.4. The molecule has 0 aliphatic rings. The van der Waals surface area contributed by atoms with E-state index in [0.717, 1.165) is 10.0 Å². The van der Waals surface area contributed by atoms with Crippen LogP contribution in [0.4, 0.5) is 5.69 Å². The van der Waals surface area contributed by atoms with Crippen LogP contribution in [0.5, 0.6) is 0 Å². The maximum Gasteiger partial charge on any atom is 0.261 e. The fourth-order valence-corrected chi connectivity index (χ4v) is 3.18. The highest BCUT2D eigenvalue weighted by Gasteiger charge is 2.13. The van der Waals surface area contributed by atoms with Gasteiger partial charge in [0.2, 0.25) is 0 Å². The summed E-state index contributed by atoms with van der Waals surface area (Å²) in [5, 5.41) is 8.83. The summed E-state index contributed by atoms with van der Waals surface area (Å²) in [7, 11) is -3.60. The molecule has 2 rings (SSSR count). The largest absolute Gasteiger partial charge is 0.396 e. The van der Waals surface area contributed by atoms with Crippen molar-refractivity contribution < 1.29 is 13.5 Å². The Bertz CT molecular complexity index is 684. The van der Waals surface area contributed by atoms with Crippen molar-refractivity contribution in [2.45, 2.75) is 11.3 Å². The Morgan fingerprint density at radius 1 is 1.10 bits per heavy atom. The van der Waals surface area contributed by atoms with Gasteiger partial charge in [0, 0.05) is 16.8 Å². The highest BCUT2D eigenvalue weighted by molar-refractivity contribution is 9.10. The van der Waals surface area contributed by atoms with Crippen molar-refractivity contribution in [3.63, 3.8) is 0 Å². The van der Waals surface area contributed by atoms with Gasteiger partial charge in [0.05, 0.1) is 4.90 Å². The Kier molecular flexibility index (Phi) is 4.80. The zero-order valence-electron chi connectivity index (χ0n) is 10.6. The van der Waals surface area contributed by atoms with Gasteiger partial charge >= 0.3 is 0 Å². The van der Waals surface area contributed by atoms with Crippen LogP contribution in [0.1, 0.15) is 5.56 Å². The first kappa shape index (κ1) is 15.0. The van der Waals surface area contributed by atoms with Gasteiger partial charge < -0.3 is 5.11 Å². The van der Waals surface area contributed by atoms with Crippen LogP contribution in [0.2, 0.25) is 0 Å². The summed E-state index contributed by atoms with van der Waals surface area (Å²) in [5.41, 5.74) is 1.40. The fourth-order valence-electron chi connectivity index (χ4n) is 1.73. The van der Waals surface area contributed by atoms with Gasteiger partial charge in [-0.25, -0.2) is 8.42 Å². The van der Waals surface area contributed by atoms with E-state index in [1.54, 1.807) is 30.3 Å². The second-order valence-electron chi connectivity index (χ2n) is 4.23. The van der Waals surface area contributed by atoms with Gasteiger partial charge in [-0.1, -0.05) is 34.1 Å². The van der Waals surface area contributed by atoms with Crippen molar-refractivity contribution in [2.24, 2.45) is 0 Å². The number of halogens is 1. The lowest BCUT2D eigenvalue weighted by atomic mass is 10.2. The first-order valence-corrected chi connectivity index (χ1v) is 8.27. The number of hydrogen-bond acceptors (Lipinski definition) is 3. The Hall–Kier alpha value is -1.37. The van der Waals surface area contributed by atoms with Gasteiger partial charge in [-0.2, -0.15) is 0 Å². The lowest BCUT2D eigenvalue weighted by Gasteiger charge is -2.09. The minimum atomic E-state index is -3.60. The molecule has 0 atom stereocenters. The number of aliphatic hydroxyl groups is 1. The number of aliphatic hydroxyl groups excluding tert-OH is 1. The quantitative estimate of drug-likeness (QED) is 0.866. The zero-order chi connectivity index (χ0) is 14.6. The van der Waals surface area contributed by atoms with Gasteiger partial charge in [-0.05, 0) is 42.3 Å². The predicted octanol–water partition coefficient (Wildman–Crippen LogP) is 2.78. The molecule has 0 spiro atoms. The number of anilines is 1. The molecule has 2 aromatic rings. The van der Waals surface area contributed by atoms with Gasteiger partial charge in [0.25, 0.3) is 10.0 Å². The molecule has 4 nitrogen and oxygen atoms in total. The third kappa shape index (κ3) is 3.82. The molecule has 0 saturated carbocycles. The molecule has 106 valence electrons. The molecule has 6 heteroatoms. The van der Waals surface area contributed by atoms with E-state index in [2.05, 4.69) is 20.7 Å². The van der Waals surface area contributed by atoms with Crippen LogP contribution < -0.4 is 4.72 Å². The zero-order valence-corrected chi connectivity index (χ0v) is 13.0. The molecule has 0 unspecified atom stereocenters. The van der Waals surface area contributed by atoms with Crippen LogP contribution >= 0.6 is 15.9 Å². The summed E-state index contributed by atoms with van der Waals surface area (Å²) < 4.78 is 27.7. The molecule has 0 bridgehead atoms. The maximum absolute atomic E-state index is 12.2. The Morgan fingerprint density at radius 3 is 2.40 bits per heavy atom. The van der Waals surface area contributed by atoms with Crippen LogP contribution in [0, 0.1) is 0 Å². The van der Waals surface area contributed by atoms with Crippen molar-refractivity contribution in [1.82, 2.24) is 0 Å². The van der Waals surface area contributed by atoms with Crippen molar-refractivity contribution >= 4 is 31.6 Å². The molecule has 20 heavy (non-hydrogen) atoms. The normalized spacial score (nSPS) is 11.3. The SMILES string of the molecule is O=S(=O)(Nc1cccc(Br)c1)c1ccc(CCO)cc1. The molecular formula is C14H14BrNO3S. The van der Waals surface area contributed by atoms with E-state index < -0.39 is 10.0 Å². The first-order chi connectivity index (χ1) is 9.51. The summed E-state index contributed by atoms with van der Waals surface area (Å²) in [4.78, 5) is 0.194. The third-order valence-electron chi connectivity index (χ3n) is 2.71. The van der Waals surface area contributed by atoms with E-state index in [1.807, 2.05) is 6.07 Å². The fraction of sp³-hybridized carbons (Fsp3) is 0.143. The second-order valence-corrected chi connectivity index (χ2v) is 6.83. The lowest BCUT2D eigenvalue weighted by molar-refractivity contribution is 0.299. The van der Waals surface area contributed by atoms with E-state index in [-0.39, 0.29) is 11.5 Å². The molecule has 2 N–H and O–H groups in total. The smallest absolute Gasteiger partial charge is 0.261 e. The molecule has 0 aromatic heterocycles. The average molecular weight is 356 g/mol. The van der Waals surface area contributed by atoms with Crippen molar-refractivity contribution in [3.8, 4) is 0 Å². The Labute approximate surface area is 126 Å². The van der Waals surface area contributed by atoms with Gasteiger partial charge in [0.1, 0.15) is 0 Å². The molecule has 0 heterocycles. The van der Waals surface area contributed by atoms with E-state index in [1.165, 1.54) is 12.1 Å². The molecule has 0 aliphatic carbocycles. The number of benzene rings is 2. The molecule has 2 aromatic carbocycles. The van der Waals surface area contributed by atoms with E-state index in [9.17, 15) is 8.42 Å².